The molecule has 14 heavy (non-hydrogen) atoms. The average molecular weight is 276 g/mol. The van der Waals surface area contributed by atoms with Crippen molar-refractivity contribution in [1.29, 1.82) is 0 Å². The molecule has 0 fully saturated rings. The first-order valence-electron chi connectivity index (χ1n) is 3.81. The molecule has 0 atom stereocenters. The van der Waals surface area contributed by atoms with Crippen molar-refractivity contribution in [3.8, 4) is 11.3 Å². The molecule has 0 unspecified atom stereocenters. The number of aryl methyl sites for hydroxylation is 1. The van der Waals surface area contributed by atoms with E-state index in [0.717, 1.165) is 10.0 Å². The van der Waals surface area contributed by atoms with Gasteiger partial charge in [-0.25, -0.2) is 9.07 Å². The maximum atomic E-state index is 13.5. The van der Waals surface area contributed by atoms with Gasteiger partial charge in [0.1, 0.15) is 5.69 Å². The number of hydrogen-bond acceptors (Lipinski definition) is 3. The predicted octanol–water partition coefficient (Wildman–Crippen LogP) is 2.63. The minimum atomic E-state index is -0.466. The highest BCUT2D eigenvalue weighted by Gasteiger charge is 2.17. The molecular weight excluding hydrogens is 269 g/mol. The lowest BCUT2D eigenvalue weighted by Gasteiger charge is -1.91. The third kappa shape index (κ3) is 1.34. The van der Waals surface area contributed by atoms with E-state index in [-0.39, 0.29) is 11.5 Å². The number of hydrogen-bond donors (Lipinski definition) is 1. The van der Waals surface area contributed by atoms with E-state index in [1.807, 2.05) is 10.8 Å². The third-order valence-corrected chi connectivity index (χ3v) is 3.60. The van der Waals surface area contributed by atoms with Gasteiger partial charge < -0.3 is 5.73 Å². The van der Waals surface area contributed by atoms with Crippen molar-refractivity contribution >= 4 is 33.1 Å². The van der Waals surface area contributed by atoms with Crippen LogP contribution < -0.4 is 5.73 Å². The molecule has 0 aliphatic carbocycles. The smallest absolute Gasteiger partial charge is 0.192 e. The molecule has 6 heteroatoms. The van der Waals surface area contributed by atoms with Gasteiger partial charge in [0.25, 0.3) is 0 Å². The Morgan fingerprint density at radius 3 is 2.71 bits per heavy atom. The molecule has 0 aromatic carbocycles. The Labute approximate surface area is 92.5 Å². The Bertz CT molecular complexity index is 477. The molecule has 2 rings (SSSR count). The fourth-order valence-corrected chi connectivity index (χ4v) is 2.60. The molecule has 2 heterocycles. The van der Waals surface area contributed by atoms with E-state index in [4.69, 9.17) is 5.73 Å². The Morgan fingerprint density at radius 1 is 1.57 bits per heavy atom. The molecule has 2 aromatic heterocycles. The van der Waals surface area contributed by atoms with Gasteiger partial charge in [-0.3, -0.25) is 0 Å². The Kier molecular flexibility index (Phi) is 2.32. The number of halogens is 2. The molecule has 0 aliphatic rings. The van der Waals surface area contributed by atoms with Crippen molar-refractivity contribution in [2.75, 3.05) is 5.73 Å². The molecule has 2 N–H and O–H groups in total. The first kappa shape index (κ1) is 9.67. The molecule has 0 saturated carbocycles. The highest BCUT2D eigenvalue weighted by atomic mass is 79.9. The molecule has 2 aromatic rings. The molecular formula is C8H7BrFN3S. The maximum absolute atomic E-state index is 13.5. The summed E-state index contributed by atoms with van der Waals surface area (Å²) in [7, 11) is 1.61. The van der Waals surface area contributed by atoms with Crippen molar-refractivity contribution in [3.05, 3.63) is 21.1 Å². The number of rotatable bonds is 1. The van der Waals surface area contributed by atoms with Crippen LogP contribution in [0.3, 0.4) is 0 Å². The summed E-state index contributed by atoms with van der Waals surface area (Å²) in [6, 6.07) is 0. The van der Waals surface area contributed by atoms with E-state index < -0.39 is 5.82 Å². The number of nitrogens with zero attached hydrogens (tertiary/aromatic N) is 2. The van der Waals surface area contributed by atoms with Gasteiger partial charge in [0, 0.05) is 27.8 Å². The molecule has 0 spiro atoms. The lowest BCUT2D eigenvalue weighted by atomic mass is 10.2. The quantitative estimate of drug-likeness (QED) is 0.870. The van der Waals surface area contributed by atoms with E-state index in [0.29, 0.717) is 0 Å². The average Bonchev–Trinajstić information content (AvgIpc) is 2.66. The first-order valence-corrected chi connectivity index (χ1v) is 5.55. The van der Waals surface area contributed by atoms with Gasteiger partial charge in [-0.2, -0.15) is 16.4 Å². The van der Waals surface area contributed by atoms with Crippen LogP contribution in [-0.4, -0.2) is 9.78 Å². The second-order valence-corrected chi connectivity index (χ2v) is 4.40. The van der Waals surface area contributed by atoms with Crippen LogP contribution in [0.25, 0.3) is 11.3 Å². The third-order valence-electron chi connectivity index (χ3n) is 1.90. The van der Waals surface area contributed by atoms with E-state index in [1.54, 1.807) is 7.05 Å². The van der Waals surface area contributed by atoms with Crippen LogP contribution in [0.4, 0.5) is 10.2 Å². The SMILES string of the molecule is Cn1nc(-c2cscc2Br)c(F)c1N. The minimum Gasteiger partial charge on any atom is -0.381 e. The summed E-state index contributed by atoms with van der Waals surface area (Å²) in [5.74, 6) is -0.412. The second kappa shape index (κ2) is 3.36. The standard InChI is InChI=1S/C8H7BrFN3S/c1-13-8(11)6(10)7(12-13)4-2-14-3-5(4)9/h2-3H,11H2,1H3. The summed E-state index contributed by atoms with van der Waals surface area (Å²) >= 11 is 4.81. The molecule has 0 bridgehead atoms. The Morgan fingerprint density at radius 2 is 2.29 bits per heavy atom. The topological polar surface area (TPSA) is 43.8 Å². The van der Waals surface area contributed by atoms with Gasteiger partial charge >= 0.3 is 0 Å². The van der Waals surface area contributed by atoms with Crippen molar-refractivity contribution in [2.45, 2.75) is 0 Å². The largest absolute Gasteiger partial charge is 0.381 e. The summed E-state index contributed by atoms with van der Waals surface area (Å²) in [4.78, 5) is 0. The van der Waals surface area contributed by atoms with Gasteiger partial charge in [-0.1, -0.05) is 0 Å². The van der Waals surface area contributed by atoms with E-state index >= 15 is 0 Å². The summed E-state index contributed by atoms with van der Waals surface area (Å²) in [6.07, 6.45) is 0. The van der Waals surface area contributed by atoms with Crippen molar-refractivity contribution in [1.82, 2.24) is 9.78 Å². The van der Waals surface area contributed by atoms with Gasteiger partial charge in [0.2, 0.25) is 0 Å². The van der Waals surface area contributed by atoms with Crippen molar-refractivity contribution in [3.63, 3.8) is 0 Å². The number of aromatic nitrogens is 2. The lowest BCUT2D eigenvalue weighted by Crippen LogP contribution is -1.97. The number of thiophene rings is 1. The molecule has 74 valence electrons. The van der Waals surface area contributed by atoms with E-state index in [1.165, 1.54) is 16.0 Å². The normalized spacial score (nSPS) is 10.8. The fourth-order valence-electron chi connectivity index (χ4n) is 1.13. The van der Waals surface area contributed by atoms with Crippen LogP contribution in [0.15, 0.2) is 15.2 Å². The monoisotopic (exact) mass is 275 g/mol. The zero-order valence-electron chi connectivity index (χ0n) is 7.29. The Balaban J connectivity index is 2.63. The summed E-state index contributed by atoms with van der Waals surface area (Å²) in [5.41, 5.74) is 6.50. The second-order valence-electron chi connectivity index (χ2n) is 2.80. The molecule has 0 radical (unpaired) electrons. The zero-order chi connectivity index (χ0) is 10.3. The van der Waals surface area contributed by atoms with Crippen LogP contribution >= 0.6 is 27.3 Å². The Hall–Kier alpha value is -0.880. The zero-order valence-corrected chi connectivity index (χ0v) is 9.69. The predicted molar refractivity (Wildman–Crippen MR) is 58.6 cm³/mol. The lowest BCUT2D eigenvalue weighted by molar-refractivity contribution is 0.634. The van der Waals surface area contributed by atoms with Gasteiger partial charge in [0.15, 0.2) is 11.6 Å². The minimum absolute atomic E-state index is 0.0538. The number of anilines is 1. The fraction of sp³-hybridized carbons (Fsp3) is 0.125. The summed E-state index contributed by atoms with van der Waals surface area (Å²) < 4.78 is 15.7. The van der Waals surface area contributed by atoms with Gasteiger partial charge in [-0.15, -0.1) is 0 Å². The van der Waals surface area contributed by atoms with Crippen LogP contribution in [0, 0.1) is 5.82 Å². The van der Waals surface area contributed by atoms with Crippen LogP contribution in [0.5, 0.6) is 0 Å². The van der Waals surface area contributed by atoms with E-state index in [9.17, 15) is 4.39 Å². The van der Waals surface area contributed by atoms with Crippen LogP contribution in [0.2, 0.25) is 0 Å². The maximum Gasteiger partial charge on any atom is 0.192 e. The molecule has 3 nitrogen and oxygen atoms in total. The van der Waals surface area contributed by atoms with Crippen LogP contribution in [-0.2, 0) is 7.05 Å². The highest BCUT2D eigenvalue weighted by Crippen LogP contribution is 2.33. The molecule has 0 amide bonds. The molecule has 0 aliphatic heterocycles. The van der Waals surface area contributed by atoms with Crippen molar-refractivity contribution < 1.29 is 4.39 Å². The van der Waals surface area contributed by atoms with Crippen LogP contribution in [0.1, 0.15) is 0 Å². The highest BCUT2D eigenvalue weighted by molar-refractivity contribution is 9.10. The molecule has 0 saturated heterocycles. The summed E-state index contributed by atoms with van der Waals surface area (Å²) in [6.45, 7) is 0. The number of nitrogen functional groups attached to an aromatic ring is 1. The van der Waals surface area contributed by atoms with Gasteiger partial charge in [-0.05, 0) is 15.9 Å². The number of nitrogens with two attached hydrogens (primary N) is 1. The first-order chi connectivity index (χ1) is 6.61. The van der Waals surface area contributed by atoms with E-state index in [2.05, 4.69) is 21.0 Å². The summed E-state index contributed by atoms with van der Waals surface area (Å²) in [5, 5.41) is 7.71. The van der Waals surface area contributed by atoms with Crippen molar-refractivity contribution in [2.24, 2.45) is 7.05 Å². The van der Waals surface area contributed by atoms with Gasteiger partial charge in [0.05, 0.1) is 0 Å².